The van der Waals surface area contributed by atoms with E-state index in [0.717, 1.165) is 12.3 Å². The summed E-state index contributed by atoms with van der Waals surface area (Å²) in [6, 6.07) is 0. The van der Waals surface area contributed by atoms with E-state index >= 15 is 0 Å². The van der Waals surface area contributed by atoms with Crippen LogP contribution in [0, 0.1) is 0 Å². The molecule has 1 aliphatic heterocycles. The van der Waals surface area contributed by atoms with E-state index in [2.05, 4.69) is 11.8 Å². The Bertz CT molecular complexity index is 225. The van der Waals surface area contributed by atoms with Gasteiger partial charge in [-0.05, 0) is 38.1 Å². The molecule has 1 heterocycles. The fourth-order valence-corrected chi connectivity index (χ4v) is 4.00. The lowest BCUT2D eigenvalue weighted by Crippen LogP contribution is -2.37. The molecule has 22 heavy (non-hydrogen) atoms. The molecule has 0 amide bonds. The molecule has 1 rings (SSSR count). The van der Waals surface area contributed by atoms with Gasteiger partial charge in [-0.2, -0.15) is 11.8 Å². The van der Waals surface area contributed by atoms with Crippen LogP contribution >= 0.6 is 24.2 Å². The molecule has 0 aromatic heterocycles. The van der Waals surface area contributed by atoms with Crippen molar-refractivity contribution in [1.82, 2.24) is 4.90 Å². The number of hydrogen-bond donors (Lipinski definition) is 1. The van der Waals surface area contributed by atoms with Gasteiger partial charge in [-0.25, -0.2) is 0 Å². The Labute approximate surface area is 149 Å². The molecule has 4 heteroatoms. The molecule has 1 atom stereocenters. The zero-order valence-electron chi connectivity index (χ0n) is 14.6. The van der Waals surface area contributed by atoms with Crippen LogP contribution in [0.25, 0.3) is 0 Å². The highest BCUT2D eigenvalue weighted by molar-refractivity contribution is 7.99. The lowest BCUT2D eigenvalue weighted by Gasteiger charge is -2.28. The predicted octanol–water partition coefficient (Wildman–Crippen LogP) is 5.13. The van der Waals surface area contributed by atoms with E-state index < -0.39 is 0 Å². The molecule has 1 saturated heterocycles. The number of aliphatic hydroxyl groups excluding tert-OH is 1. The second-order valence-corrected chi connectivity index (χ2v) is 7.71. The summed E-state index contributed by atoms with van der Waals surface area (Å²) in [6.07, 6.45) is 15.0. The van der Waals surface area contributed by atoms with E-state index in [9.17, 15) is 5.11 Å². The van der Waals surface area contributed by atoms with Crippen LogP contribution in [0.3, 0.4) is 0 Å². The highest BCUT2D eigenvalue weighted by Crippen LogP contribution is 2.14. The quantitative estimate of drug-likeness (QED) is 0.465. The van der Waals surface area contributed by atoms with Crippen LogP contribution in [0.15, 0.2) is 0 Å². The molecular weight excluding hydrogens is 314 g/mol. The average Bonchev–Trinajstić information content (AvgIpc) is 2.50. The smallest absolute Gasteiger partial charge is 0.0757 e. The number of unbranched alkanes of at least 4 members (excludes halogenated alkanes) is 7. The molecule has 0 aromatic carbocycles. The fraction of sp³-hybridized carbons (Fsp3) is 1.00. The van der Waals surface area contributed by atoms with Gasteiger partial charge in [0.05, 0.1) is 6.10 Å². The molecule has 0 saturated carbocycles. The lowest BCUT2D eigenvalue weighted by atomic mass is 10.1. The highest BCUT2D eigenvalue weighted by atomic mass is 35.5. The van der Waals surface area contributed by atoms with E-state index in [1.807, 2.05) is 11.8 Å². The molecule has 1 unspecified atom stereocenters. The maximum atomic E-state index is 10.1. The van der Waals surface area contributed by atoms with Gasteiger partial charge in [0.2, 0.25) is 0 Å². The number of nitrogens with zero attached hydrogens (tertiary/aromatic N) is 1. The summed E-state index contributed by atoms with van der Waals surface area (Å²) in [5.41, 5.74) is 0. The van der Waals surface area contributed by atoms with Crippen LogP contribution in [0.5, 0.6) is 0 Å². The topological polar surface area (TPSA) is 23.5 Å². The van der Waals surface area contributed by atoms with Gasteiger partial charge >= 0.3 is 0 Å². The highest BCUT2D eigenvalue weighted by Gasteiger charge is 2.14. The lowest BCUT2D eigenvalue weighted by molar-refractivity contribution is 0.117. The molecule has 0 aliphatic carbocycles. The Morgan fingerprint density at radius 2 is 1.50 bits per heavy atom. The van der Waals surface area contributed by atoms with Crippen molar-refractivity contribution in [2.75, 3.05) is 31.1 Å². The third-order valence-electron chi connectivity index (χ3n) is 4.37. The Morgan fingerprint density at radius 1 is 0.909 bits per heavy atom. The summed E-state index contributed by atoms with van der Waals surface area (Å²) < 4.78 is 0. The van der Waals surface area contributed by atoms with Crippen LogP contribution in [0.2, 0.25) is 0 Å². The summed E-state index contributed by atoms with van der Waals surface area (Å²) in [5, 5.41) is 10.1. The first-order chi connectivity index (χ1) is 10.3. The standard InChI is InChI=1S/C18H37NOS.ClH/c1-2-3-4-5-6-7-8-12-15-21-17-18(20)16-19-13-10-9-11-14-19;/h18,20H,2-17H2,1H3;1H. The minimum Gasteiger partial charge on any atom is -0.391 e. The molecule has 0 bridgehead atoms. The van der Waals surface area contributed by atoms with Gasteiger partial charge in [0.25, 0.3) is 0 Å². The van der Waals surface area contributed by atoms with Crippen LogP contribution in [-0.4, -0.2) is 47.3 Å². The van der Waals surface area contributed by atoms with E-state index in [1.165, 1.54) is 89.5 Å². The van der Waals surface area contributed by atoms with Gasteiger partial charge in [0, 0.05) is 12.3 Å². The van der Waals surface area contributed by atoms with Crippen molar-refractivity contribution >= 4 is 24.2 Å². The Balaban J connectivity index is 0.00000441. The van der Waals surface area contributed by atoms with Crippen molar-refractivity contribution in [2.24, 2.45) is 0 Å². The first-order valence-electron chi connectivity index (χ1n) is 9.31. The first kappa shape index (κ1) is 22.6. The third-order valence-corrected chi connectivity index (χ3v) is 5.57. The van der Waals surface area contributed by atoms with Gasteiger partial charge in [-0.1, -0.05) is 58.3 Å². The van der Waals surface area contributed by atoms with Crippen molar-refractivity contribution in [2.45, 2.75) is 83.7 Å². The number of hydrogen-bond acceptors (Lipinski definition) is 3. The Hall–Kier alpha value is 0.560. The number of likely N-dealkylation sites (tertiary alicyclic amines) is 1. The minimum absolute atomic E-state index is 0. The molecule has 0 spiro atoms. The molecular formula is C18H38ClNOS. The van der Waals surface area contributed by atoms with Crippen molar-refractivity contribution in [3.8, 4) is 0 Å². The first-order valence-corrected chi connectivity index (χ1v) is 10.5. The number of thioether (sulfide) groups is 1. The van der Waals surface area contributed by atoms with Gasteiger partial charge in [-0.3, -0.25) is 0 Å². The van der Waals surface area contributed by atoms with Gasteiger partial charge in [0.1, 0.15) is 0 Å². The number of rotatable bonds is 13. The number of β-amino-alcohol motifs (C(OH)–C–C–N with tert-alkyl or cyclic N) is 1. The molecule has 134 valence electrons. The van der Waals surface area contributed by atoms with Gasteiger partial charge in [-0.15, -0.1) is 12.4 Å². The van der Waals surface area contributed by atoms with Gasteiger partial charge in [0.15, 0.2) is 0 Å². The SMILES string of the molecule is CCCCCCCCCCSCC(O)CN1CCCCC1.Cl. The van der Waals surface area contributed by atoms with E-state index in [4.69, 9.17) is 0 Å². The van der Waals surface area contributed by atoms with E-state index in [1.54, 1.807) is 0 Å². The van der Waals surface area contributed by atoms with Gasteiger partial charge < -0.3 is 10.0 Å². The van der Waals surface area contributed by atoms with Crippen LogP contribution < -0.4 is 0 Å². The second-order valence-electron chi connectivity index (χ2n) is 6.56. The van der Waals surface area contributed by atoms with E-state index in [-0.39, 0.29) is 18.5 Å². The Kier molecular flexibility index (Phi) is 16.8. The monoisotopic (exact) mass is 351 g/mol. The molecule has 0 aromatic rings. The predicted molar refractivity (Wildman–Crippen MR) is 103 cm³/mol. The summed E-state index contributed by atoms with van der Waals surface area (Å²) in [7, 11) is 0. The second kappa shape index (κ2) is 16.4. The molecule has 2 nitrogen and oxygen atoms in total. The number of piperidine rings is 1. The average molecular weight is 352 g/mol. The van der Waals surface area contributed by atoms with Crippen molar-refractivity contribution in [1.29, 1.82) is 0 Å². The summed E-state index contributed by atoms with van der Waals surface area (Å²) in [5.74, 6) is 2.15. The van der Waals surface area contributed by atoms with Crippen molar-refractivity contribution in [3.63, 3.8) is 0 Å². The maximum absolute atomic E-state index is 10.1. The van der Waals surface area contributed by atoms with E-state index in [0.29, 0.717) is 0 Å². The summed E-state index contributed by atoms with van der Waals surface area (Å²) in [4.78, 5) is 2.44. The molecule has 1 N–H and O–H groups in total. The van der Waals surface area contributed by atoms with Crippen LogP contribution in [0.4, 0.5) is 0 Å². The van der Waals surface area contributed by atoms with Crippen LogP contribution in [-0.2, 0) is 0 Å². The van der Waals surface area contributed by atoms with Crippen LogP contribution in [0.1, 0.15) is 77.6 Å². The van der Waals surface area contributed by atoms with Crippen molar-refractivity contribution in [3.05, 3.63) is 0 Å². The largest absolute Gasteiger partial charge is 0.391 e. The normalized spacial score (nSPS) is 17.2. The molecule has 1 fully saturated rings. The Morgan fingerprint density at radius 3 is 2.14 bits per heavy atom. The molecule has 0 radical (unpaired) electrons. The minimum atomic E-state index is -0.123. The number of halogens is 1. The zero-order chi connectivity index (χ0) is 15.2. The van der Waals surface area contributed by atoms with Crippen molar-refractivity contribution < 1.29 is 5.11 Å². The maximum Gasteiger partial charge on any atom is 0.0757 e. The molecule has 1 aliphatic rings. The fourth-order valence-electron chi connectivity index (χ4n) is 3.05. The number of aliphatic hydroxyl groups is 1. The summed E-state index contributed by atoms with van der Waals surface area (Å²) >= 11 is 1.95. The zero-order valence-corrected chi connectivity index (χ0v) is 16.2. The summed E-state index contributed by atoms with van der Waals surface area (Å²) in [6.45, 7) is 5.56. The third kappa shape index (κ3) is 13.0.